The molecule has 0 unspecified atom stereocenters. The summed E-state index contributed by atoms with van der Waals surface area (Å²) in [7, 11) is 0. The molecule has 26 heavy (non-hydrogen) atoms. The largest absolute Gasteiger partial charge is 0.419 e. The molecule has 5 nitrogen and oxygen atoms in total. The van der Waals surface area contributed by atoms with E-state index in [1.807, 2.05) is 24.3 Å². The minimum absolute atomic E-state index is 0.438. The first-order valence-electron chi connectivity index (χ1n) is 9.30. The molecule has 0 amide bonds. The lowest BCUT2D eigenvalue weighted by Gasteiger charge is -2.29. The molecule has 1 saturated carbocycles. The van der Waals surface area contributed by atoms with Crippen LogP contribution in [-0.2, 0) is 6.54 Å². The average Bonchev–Trinajstić information content (AvgIpc) is 3.11. The molecule has 0 saturated heterocycles. The van der Waals surface area contributed by atoms with Crippen molar-refractivity contribution < 1.29 is 4.42 Å². The lowest BCUT2D eigenvalue weighted by Crippen LogP contribution is -2.45. The molecule has 0 aliphatic heterocycles. The van der Waals surface area contributed by atoms with Gasteiger partial charge in [0, 0.05) is 12.6 Å². The van der Waals surface area contributed by atoms with E-state index < -0.39 is 0 Å². The average molecular weight is 393 g/mol. The number of halogens is 1. The van der Waals surface area contributed by atoms with Crippen molar-refractivity contribution in [2.24, 2.45) is 0 Å². The Morgan fingerprint density at radius 1 is 1.27 bits per heavy atom. The van der Waals surface area contributed by atoms with Gasteiger partial charge in [-0.2, -0.15) is 0 Å². The number of aromatic nitrogens is 2. The normalized spacial score (nSPS) is 15.0. The molecule has 1 aromatic carbocycles. The van der Waals surface area contributed by atoms with Gasteiger partial charge in [0.15, 0.2) is 5.11 Å². The molecule has 1 aliphatic rings. The first-order chi connectivity index (χ1) is 12.7. The molecule has 2 aromatic rings. The van der Waals surface area contributed by atoms with Gasteiger partial charge in [0.1, 0.15) is 0 Å². The SMILES string of the molecule is CCCN(Cc1nnc(-c2ccccc2Cl)o1)C(=S)NC1CCCCC1. The van der Waals surface area contributed by atoms with Crippen molar-refractivity contribution in [2.45, 2.75) is 58.0 Å². The summed E-state index contributed by atoms with van der Waals surface area (Å²) in [6, 6.07) is 7.95. The highest BCUT2D eigenvalue weighted by atomic mass is 35.5. The number of benzene rings is 1. The van der Waals surface area contributed by atoms with Gasteiger partial charge in [-0.05, 0) is 43.6 Å². The van der Waals surface area contributed by atoms with Gasteiger partial charge in [0.05, 0.1) is 17.1 Å². The molecule has 3 rings (SSSR count). The topological polar surface area (TPSA) is 54.2 Å². The highest BCUT2D eigenvalue weighted by molar-refractivity contribution is 7.80. The standard InChI is InChI=1S/C19H25ClN4OS/c1-2-12-24(19(26)21-14-8-4-3-5-9-14)13-17-22-23-18(25-17)15-10-6-7-11-16(15)20/h6-7,10-11,14H,2-5,8-9,12-13H2,1H3,(H,21,26). The molecule has 1 aromatic heterocycles. The zero-order chi connectivity index (χ0) is 18.4. The van der Waals surface area contributed by atoms with Crippen molar-refractivity contribution in [2.75, 3.05) is 6.54 Å². The van der Waals surface area contributed by atoms with Crippen LogP contribution in [0.3, 0.4) is 0 Å². The quantitative estimate of drug-likeness (QED) is 0.712. The molecule has 0 bridgehead atoms. The van der Waals surface area contributed by atoms with E-state index in [2.05, 4.69) is 27.3 Å². The van der Waals surface area contributed by atoms with Gasteiger partial charge in [0.2, 0.25) is 11.8 Å². The Hall–Kier alpha value is -1.66. The van der Waals surface area contributed by atoms with Gasteiger partial charge in [-0.25, -0.2) is 0 Å². The van der Waals surface area contributed by atoms with Crippen LogP contribution < -0.4 is 5.32 Å². The van der Waals surface area contributed by atoms with E-state index in [-0.39, 0.29) is 0 Å². The summed E-state index contributed by atoms with van der Waals surface area (Å²) in [5, 5.41) is 13.2. The smallest absolute Gasteiger partial charge is 0.249 e. The van der Waals surface area contributed by atoms with E-state index in [0.717, 1.165) is 23.6 Å². The molecule has 1 fully saturated rings. The Labute approximate surface area is 165 Å². The van der Waals surface area contributed by atoms with E-state index in [0.29, 0.717) is 29.4 Å². The van der Waals surface area contributed by atoms with Crippen LogP contribution in [0.15, 0.2) is 28.7 Å². The van der Waals surface area contributed by atoms with Crippen molar-refractivity contribution >= 4 is 28.9 Å². The number of hydrogen-bond acceptors (Lipinski definition) is 4. The molecule has 1 heterocycles. The van der Waals surface area contributed by atoms with E-state index in [1.165, 1.54) is 32.1 Å². The number of thiocarbonyl (C=S) groups is 1. The monoisotopic (exact) mass is 392 g/mol. The van der Waals surface area contributed by atoms with Gasteiger partial charge in [0.25, 0.3) is 0 Å². The summed E-state index contributed by atoms with van der Waals surface area (Å²) >= 11 is 11.9. The van der Waals surface area contributed by atoms with Crippen LogP contribution in [0.1, 0.15) is 51.3 Å². The summed E-state index contributed by atoms with van der Waals surface area (Å²) in [4.78, 5) is 2.10. The molecule has 1 aliphatic carbocycles. The van der Waals surface area contributed by atoms with Crippen molar-refractivity contribution in [1.29, 1.82) is 0 Å². The highest BCUT2D eigenvalue weighted by Gasteiger charge is 2.19. The number of rotatable bonds is 6. The fourth-order valence-corrected chi connectivity index (χ4v) is 3.80. The van der Waals surface area contributed by atoms with Crippen LogP contribution in [0.2, 0.25) is 5.02 Å². The van der Waals surface area contributed by atoms with Gasteiger partial charge in [-0.15, -0.1) is 10.2 Å². The van der Waals surface area contributed by atoms with Gasteiger partial charge >= 0.3 is 0 Å². The van der Waals surface area contributed by atoms with Crippen molar-refractivity contribution in [3.05, 3.63) is 35.2 Å². The van der Waals surface area contributed by atoms with Crippen LogP contribution in [0.4, 0.5) is 0 Å². The van der Waals surface area contributed by atoms with E-state index in [1.54, 1.807) is 0 Å². The molecule has 0 spiro atoms. The van der Waals surface area contributed by atoms with Crippen LogP contribution in [0, 0.1) is 0 Å². The summed E-state index contributed by atoms with van der Waals surface area (Å²) in [6.07, 6.45) is 7.26. The fraction of sp³-hybridized carbons (Fsp3) is 0.526. The van der Waals surface area contributed by atoms with E-state index >= 15 is 0 Å². The number of hydrogen-bond donors (Lipinski definition) is 1. The van der Waals surface area contributed by atoms with E-state index in [4.69, 9.17) is 28.2 Å². The Balaban J connectivity index is 1.66. The summed E-state index contributed by atoms with van der Waals surface area (Å²) < 4.78 is 5.83. The second kappa shape index (κ2) is 9.33. The third-order valence-corrected chi connectivity index (χ3v) is 5.32. The summed E-state index contributed by atoms with van der Waals surface area (Å²) in [5.41, 5.74) is 0.748. The highest BCUT2D eigenvalue weighted by Crippen LogP contribution is 2.26. The number of nitrogens with one attached hydrogen (secondary N) is 1. The minimum atomic E-state index is 0.438. The maximum atomic E-state index is 6.21. The third-order valence-electron chi connectivity index (χ3n) is 4.61. The molecule has 1 N–H and O–H groups in total. The van der Waals surface area contributed by atoms with Gasteiger partial charge in [-0.1, -0.05) is 49.9 Å². The molecular weight excluding hydrogens is 368 g/mol. The lowest BCUT2D eigenvalue weighted by molar-refractivity contribution is 0.335. The molecule has 0 radical (unpaired) electrons. The Morgan fingerprint density at radius 2 is 2.04 bits per heavy atom. The van der Waals surface area contributed by atoms with Crippen LogP contribution in [0.5, 0.6) is 0 Å². The lowest BCUT2D eigenvalue weighted by atomic mass is 9.96. The van der Waals surface area contributed by atoms with Crippen LogP contribution >= 0.6 is 23.8 Å². The summed E-state index contributed by atoms with van der Waals surface area (Å²) in [5.74, 6) is 0.981. The zero-order valence-electron chi connectivity index (χ0n) is 15.1. The molecular formula is C19H25ClN4OS. The first kappa shape index (κ1) is 19.1. The van der Waals surface area contributed by atoms with Crippen molar-refractivity contribution in [3.63, 3.8) is 0 Å². The van der Waals surface area contributed by atoms with Gasteiger partial charge in [-0.3, -0.25) is 0 Å². The minimum Gasteiger partial charge on any atom is -0.419 e. The second-order valence-electron chi connectivity index (χ2n) is 6.69. The Kier molecular flexibility index (Phi) is 6.86. The van der Waals surface area contributed by atoms with Crippen molar-refractivity contribution in [3.8, 4) is 11.5 Å². The van der Waals surface area contributed by atoms with Gasteiger partial charge < -0.3 is 14.6 Å². The van der Waals surface area contributed by atoms with Crippen LogP contribution in [0.25, 0.3) is 11.5 Å². The number of nitrogens with zero attached hydrogens (tertiary/aromatic N) is 3. The maximum Gasteiger partial charge on any atom is 0.249 e. The second-order valence-corrected chi connectivity index (χ2v) is 7.48. The fourth-order valence-electron chi connectivity index (χ4n) is 3.26. The predicted octanol–water partition coefficient (Wildman–Crippen LogP) is 4.81. The summed E-state index contributed by atoms with van der Waals surface area (Å²) in [6.45, 7) is 3.49. The van der Waals surface area contributed by atoms with Crippen LogP contribution in [-0.4, -0.2) is 32.8 Å². The molecule has 140 valence electrons. The molecule has 0 atom stereocenters. The van der Waals surface area contributed by atoms with Crippen molar-refractivity contribution in [1.82, 2.24) is 20.4 Å². The third kappa shape index (κ3) is 4.95. The first-order valence-corrected chi connectivity index (χ1v) is 10.1. The maximum absolute atomic E-state index is 6.21. The Morgan fingerprint density at radius 3 is 2.77 bits per heavy atom. The molecule has 7 heteroatoms. The van der Waals surface area contributed by atoms with E-state index in [9.17, 15) is 0 Å². The zero-order valence-corrected chi connectivity index (χ0v) is 16.7. The Bertz CT molecular complexity index is 730. The predicted molar refractivity (Wildman–Crippen MR) is 108 cm³/mol.